The highest BCUT2D eigenvalue weighted by molar-refractivity contribution is 5.20. The molecule has 1 aromatic heterocycles. The lowest BCUT2D eigenvalue weighted by atomic mass is 10.2. The van der Waals surface area contributed by atoms with Crippen molar-refractivity contribution >= 4 is 0 Å². The van der Waals surface area contributed by atoms with E-state index in [2.05, 4.69) is 5.16 Å². The molecule has 4 heteroatoms. The Hall–Kier alpha value is -1.81. The van der Waals surface area contributed by atoms with Crippen LogP contribution < -0.4 is 4.74 Å². The topological polar surface area (TPSA) is 44.5 Å². The van der Waals surface area contributed by atoms with Crippen LogP contribution in [0.3, 0.4) is 0 Å². The molecule has 0 saturated heterocycles. The molecule has 0 aliphatic rings. The summed E-state index contributed by atoms with van der Waals surface area (Å²) in [6, 6.07) is 11.9. The van der Waals surface area contributed by atoms with Crippen molar-refractivity contribution in [2.45, 2.75) is 32.6 Å². The van der Waals surface area contributed by atoms with Gasteiger partial charge in [0.25, 0.3) is 0 Å². The fourth-order valence-corrected chi connectivity index (χ4v) is 2.01. The standard InChI is InChI=1S/C17H23NO3/c1-15-14-16(18-21-15)8-7-12-19-11-5-6-13-20-17-9-3-2-4-10-17/h2-4,9-10,14H,5-8,11-13H2,1H3. The number of hydrogen-bond acceptors (Lipinski definition) is 4. The van der Waals surface area contributed by atoms with E-state index in [9.17, 15) is 0 Å². The second kappa shape index (κ2) is 9.19. The van der Waals surface area contributed by atoms with Crippen LogP contribution in [0.25, 0.3) is 0 Å². The molecule has 4 nitrogen and oxygen atoms in total. The number of hydrogen-bond donors (Lipinski definition) is 0. The van der Waals surface area contributed by atoms with E-state index in [1.54, 1.807) is 0 Å². The lowest BCUT2D eigenvalue weighted by Gasteiger charge is -2.06. The predicted molar refractivity (Wildman–Crippen MR) is 81.6 cm³/mol. The Balaban J connectivity index is 1.40. The van der Waals surface area contributed by atoms with Gasteiger partial charge in [0.2, 0.25) is 0 Å². The molecule has 0 saturated carbocycles. The van der Waals surface area contributed by atoms with Gasteiger partial charge < -0.3 is 14.0 Å². The molecule has 0 fully saturated rings. The fraction of sp³-hybridized carbons (Fsp3) is 0.471. The number of aryl methyl sites for hydroxylation is 2. The van der Waals surface area contributed by atoms with E-state index in [0.29, 0.717) is 0 Å². The highest BCUT2D eigenvalue weighted by atomic mass is 16.5. The van der Waals surface area contributed by atoms with Crippen LogP contribution in [0.2, 0.25) is 0 Å². The predicted octanol–water partition coefficient (Wildman–Crippen LogP) is 3.79. The van der Waals surface area contributed by atoms with Gasteiger partial charge in [0.05, 0.1) is 12.3 Å². The molecule has 0 amide bonds. The van der Waals surface area contributed by atoms with Crippen molar-refractivity contribution in [2.24, 2.45) is 0 Å². The Morgan fingerprint density at radius 1 is 1.00 bits per heavy atom. The first-order valence-electron chi connectivity index (χ1n) is 7.52. The molecular weight excluding hydrogens is 266 g/mol. The van der Waals surface area contributed by atoms with E-state index in [1.807, 2.05) is 43.3 Å². The minimum absolute atomic E-state index is 0.742. The van der Waals surface area contributed by atoms with Crippen molar-refractivity contribution in [3.8, 4) is 5.75 Å². The zero-order valence-corrected chi connectivity index (χ0v) is 12.6. The van der Waals surface area contributed by atoms with Crippen LogP contribution >= 0.6 is 0 Å². The summed E-state index contributed by atoms with van der Waals surface area (Å²) in [4.78, 5) is 0. The van der Waals surface area contributed by atoms with E-state index in [1.165, 1.54) is 0 Å². The Morgan fingerprint density at radius 2 is 1.76 bits per heavy atom. The first-order chi connectivity index (χ1) is 10.3. The Kier molecular flexibility index (Phi) is 6.81. The Bertz CT molecular complexity index is 496. The second-order valence-electron chi connectivity index (χ2n) is 5.01. The van der Waals surface area contributed by atoms with Crippen molar-refractivity contribution < 1.29 is 14.0 Å². The number of aromatic nitrogens is 1. The average Bonchev–Trinajstić information content (AvgIpc) is 2.92. The molecule has 21 heavy (non-hydrogen) atoms. The molecule has 114 valence electrons. The normalized spacial score (nSPS) is 10.7. The van der Waals surface area contributed by atoms with Gasteiger partial charge in [-0.15, -0.1) is 0 Å². The number of ether oxygens (including phenoxy) is 2. The largest absolute Gasteiger partial charge is 0.494 e. The summed E-state index contributed by atoms with van der Waals surface area (Å²) in [5.41, 5.74) is 1.01. The number of nitrogens with zero attached hydrogens (tertiary/aromatic N) is 1. The van der Waals surface area contributed by atoms with Gasteiger partial charge in [-0.25, -0.2) is 0 Å². The summed E-state index contributed by atoms with van der Waals surface area (Å²) in [7, 11) is 0. The quantitative estimate of drug-likeness (QED) is 0.624. The molecule has 2 aromatic rings. The SMILES string of the molecule is Cc1cc(CCCOCCCCOc2ccccc2)no1. The van der Waals surface area contributed by atoms with Crippen molar-refractivity contribution in [1.82, 2.24) is 5.16 Å². The van der Waals surface area contributed by atoms with Gasteiger partial charge in [0, 0.05) is 19.3 Å². The van der Waals surface area contributed by atoms with E-state index >= 15 is 0 Å². The summed E-state index contributed by atoms with van der Waals surface area (Å²) in [5.74, 6) is 1.80. The van der Waals surface area contributed by atoms with Crippen LogP contribution in [-0.4, -0.2) is 25.0 Å². The van der Waals surface area contributed by atoms with E-state index in [-0.39, 0.29) is 0 Å². The van der Waals surface area contributed by atoms with Crippen molar-refractivity contribution in [1.29, 1.82) is 0 Å². The van der Waals surface area contributed by atoms with Crippen molar-refractivity contribution in [3.63, 3.8) is 0 Å². The fourth-order valence-electron chi connectivity index (χ4n) is 2.01. The van der Waals surface area contributed by atoms with E-state index < -0.39 is 0 Å². The molecule has 0 unspecified atom stereocenters. The van der Waals surface area contributed by atoms with Crippen LogP contribution in [0.15, 0.2) is 40.9 Å². The van der Waals surface area contributed by atoms with Crippen LogP contribution in [-0.2, 0) is 11.2 Å². The first-order valence-corrected chi connectivity index (χ1v) is 7.52. The maximum atomic E-state index is 5.62. The van der Waals surface area contributed by atoms with Gasteiger partial charge in [-0.2, -0.15) is 0 Å². The van der Waals surface area contributed by atoms with Crippen LogP contribution in [0.5, 0.6) is 5.75 Å². The monoisotopic (exact) mass is 289 g/mol. The molecule has 0 radical (unpaired) electrons. The summed E-state index contributed by atoms with van der Waals surface area (Å²) < 4.78 is 16.2. The Labute approximate surface area is 126 Å². The van der Waals surface area contributed by atoms with Gasteiger partial charge in [-0.3, -0.25) is 0 Å². The lowest BCUT2D eigenvalue weighted by molar-refractivity contribution is 0.124. The van der Waals surface area contributed by atoms with Crippen molar-refractivity contribution in [3.05, 3.63) is 47.9 Å². The summed E-state index contributed by atoms with van der Waals surface area (Å²) in [6.45, 7) is 4.21. The molecule has 0 N–H and O–H groups in total. The number of unbranched alkanes of at least 4 members (excludes halogenated alkanes) is 1. The Morgan fingerprint density at radius 3 is 2.52 bits per heavy atom. The third-order valence-electron chi connectivity index (χ3n) is 3.09. The van der Waals surface area contributed by atoms with Gasteiger partial charge >= 0.3 is 0 Å². The minimum Gasteiger partial charge on any atom is -0.494 e. The summed E-state index contributed by atoms with van der Waals surface area (Å²) >= 11 is 0. The molecule has 2 rings (SSSR count). The smallest absolute Gasteiger partial charge is 0.133 e. The molecule has 0 atom stereocenters. The van der Waals surface area contributed by atoms with Crippen LogP contribution in [0, 0.1) is 6.92 Å². The zero-order chi connectivity index (χ0) is 14.8. The highest BCUT2D eigenvalue weighted by Crippen LogP contribution is 2.09. The molecular formula is C17H23NO3. The third kappa shape index (κ3) is 6.45. The summed E-state index contributed by atoms with van der Waals surface area (Å²) in [6.07, 6.45) is 3.92. The lowest BCUT2D eigenvalue weighted by Crippen LogP contribution is -2.02. The van der Waals surface area contributed by atoms with E-state index in [4.69, 9.17) is 14.0 Å². The number of rotatable bonds is 10. The van der Waals surface area contributed by atoms with Gasteiger partial charge in [0.15, 0.2) is 0 Å². The number of benzene rings is 1. The number of para-hydroxylation sites is 1. The van der Waals surface area contributed by atoms with Gasteiger partial charge in [-0.05, 0) is 44.7 Å². The molecule has 1 heterocycles. The second-order valence-corrected chi connectivity index (χ2v) is 5.01. The molecule has 0 bridgehead atoms. The maximum absolute atomic E-state index is 5.62. The average molecular weight is 289 g/mol. The zero-order valence-electron chi connectivity index (χ0n) is 12.6. The highest BCUT2D eigenvalue weighted by Gasteiger charge is 1.99. The van der Waals surface area contributed by atoms with Crippen LogP contribution in [0.1, 0.15) is 30.7 Å². The third-order valence-corrected chi connectivity index (χ3v) is 3.09. The maximum Gasteiger partial charge on any atom is 0.133 e. The molecule has 0 aliphatic heterocycles. The molecule has 0 aliphatic carbocycles. The van der Waals surface area contributed by atoms with Gasteiger partial charge in [0.1, 0.15) is 11.5 Å². The molecule has 1 aromatic carbocycles. The van der Waals surface area contributed by atoms with Gasteiger partial charge in [-0.1, -0.05) is 23.4 Å². The molecule has 0 spiro atoms. The first kappa shape index (κ1) is 15.6. The summed E-state index contributed by atoms with van der Waals surface area (Å²) in [5, 5.41) is 3.96. The minimum atomic E-state index is 0.742. The van der Waals surface area contributed by atoms with Crippen molar-refractivity contribution in [2.75, 3.05) is 19.8 Å². The van der Waals surface area contributed by atoms with E-state index in [0.717, 1.165) is 62.7 Å². The van der Waals surface area contributed by atoms with Crippen LogP contribution in [0.4, 0.5) is 0 Å².